The first kappa shape index (κ1) is 21.5. The van der Waals surface area contributed by atoms with Gasteiger partial charge in [-0.1, -0.05) is 17.7 Å². The number of carboxylic acids is 1. The molecule has 1 N–H and O–H groups in total. The lowest BCUT2D eigenvalue weighted by molar-refractivity contribution is -0.143. The van der Waals surface area contributed by atoms with E-state index in [2.05, 4.69) is 0 Å². The van der Waals surface area contributed by atoms with Crippen LogP contribution in [0.1, 0.15) is 35.6 Å². The molecule has 0 saturated carbocycles. The molecule has 0 radical (unpaired) electrons. The number of nitrogens with zero attached hydrogens (tertiary/aromatic N) is 1. The Kier molecular flexibility index (Phi) is 6.14. The van der Waals surface area contributed by atoms with Crippen molar-refractivity contribution in [1.29, 1.82) is 0 Å². The van der Waals surface area contributed by atoms with Crippen molar-refractivity contribution >= 4 is 17.6 Å². The van der Waals surface area contributed by atoms with E-state index in [9.17, 15) is 31.9 Å². The molecule has 1 heterocycles. The summed E-state index contributed by atoms with van der Waals surface area (Å²) in [7, 11) is 0. The van der Waals surface area contributed by atoms with E-state index in [-0.39, 0.29) is 42.1 Å². The molecule has 156 valence electrons. The van der Waals surface area contributed by atoms with Gasteiger partial charge in [0.2, 0.25) is 0 Å². The predicted molar refractivity (Wildman–Crippen MR) is 96.6 cm³/mol. The molecule has 0 spiro atoms. The number of aliphatic carboxylic acids is 1. The van der Waals surface area contributed by atoms with Gasteiger partial charge in [-0.15, -0.1) is 0 Å². The highest BCUT2D eigenvalue weighted by Crippen LogP contribution is 2.40. The van der Waals surface area contributed by atoms with Gasteiger partial charge in [0.15, 0.2) is 0 Å². The topological polar surface area (TPSA) is 40.5 Å². The molecule has 3 rings (SSSR count). The van der Waals surface area contributed by atoms with E-state index in [1.54, 1.807) is 4.90 Å². The molecule has 29 heavy (non-hydrogen) atoms. The summed E-state index contributed by atoms with van der Waals surface area (Å²) < 4.78 is 67.7. The van der Waals surface area contributed by atoms with E-state index >= 15 is 0 Å². The molecule has 1 aliphatic rings. The van der Waals surface area contributed by atoms with Crippen LogP contribution < -0.4 is 0 Å². The Morgan fingerprint density at radius 3 is 2.28 bits per heavy atom. The highest BCUT2D eigenvalue weighted by atomic mass is 35.5. The van der Waals surface area contributed by atoms with Gasteiger partial charge in [-0.3, -0.25) is 9.69 Å². The van der Waals surface area contributed by atoms with Crippen LogP contribution >= 0.6 is 11.6 Å². The molecule has 1 saturated heterocycles. The summed E-state index contributed by atoms with van der Waals surface area (Å²) in [5.74, 6) is -3.26. The summed E-state index contributed by atoms with van der Waals surface area (Å²) >= 11 is 6.19. The van der Waals surface area contributed by atoms with E-state index in [4.69, 9.17) is 11.6 Å². The van der Waals surface area contributed by atoms with Gasteiger partial charge in [0.25, 0.3) is 0 Å². The van der Waals surface area contributed by atoms with E-state index in [1.165, 1.54) is 6.07 Å². The summed E-state index contributed by atoms with van der Waals surface area (Å²) in [6.07, 6.45) is -4.11. The highest BCUT2D eigenvalue weighted by molar-refractivity contribution is 6.31. The number of alkyl halides is 3. The van der Waals surface area contributed by atoms with Gasteiger partial charge in [-0.2, -0.15) is 13.2 Å². The number of piperidine rings is 1. The van der Waals surface area contributed by atoms with Gasteiger partial charge < -0.3 is 5.11 Å². The fourth-order valence-electron chi connectivity index (χ4n) is 3.62. The number of carbonyl (C=O) groups is 1. The second-order valence-electron chi connectivity index (χ2n) is 6.95. The lowest BCUT2D eigenvalue weighted by atomic mass is 9.90. The van der Waals surface area contributed by atoms with E-state index < -0.39 is 41.3 Å². The van der Waals surface area contributed by atoms with Gasteiger partial charge in [0, 0.05) is 16.7 Å². The molecule has 0 amide bonds. The van der Waals surface area contributed by atoms with Crippen LogP contribution in [0.15, 0.2) is 36.4 Å². The Morgan fingerprint density at radius 1 is 1.07 bits per heavy atom. The maximum atomic E-state index is 14.6. The van der Waals surface area contributed by atoms with E-state index in [1.807, 2.05) is 0 Å². The Morgan fingerprint density at radius 2 is 1.72 bits per heavy atom. The van der Waals surface area contributed by atoms with Crippen molar-refractivity contribution in [2.75, 3.05) is 13.1 Å². The number of hydrogen-bond acceptors (Lipinski definition) is 2. The van der Waals surface area contributed by atoms with Gasteiger partial charge in [-0.05, 0) is 55.8 Å². The third-order valence-corrected chi connectivity index (χ3v) is 5.46. The summed E-state index contributed by atoms with van der Waals surface area (Å²) in [5, 5.41) is 9.18. The first-order valence-electron chi connectivity index (χ1n) is 8.86. The molecule has 1 aliphatic heterocycles. The SMILES string of the molecule is O=C(O)C1CCN(C(c2ccc(F)cc2F)c2cc(C(F)(F)F)ccc2Cl)CC1. The molecular formula is C20H17ClF5NO2. The lowest BCUT2D eigenvalue weighted by Crippen LogP contribution is -2.39. The Balaban J connectivity index is 2.08. The van der Waals surface area contributed by atoms with Crippen LogP contribution in [0.2, 0.25) is 5.02 Å². The molecular weight excluding hydrogens is 417 g/mol. The van der Waals surface area contributed by atoms with Crippen molar-refractivity contribution in [2.24, 2.45) is 5.92 Å². The van der Waals surface area contributed by atoms with Crippen LogP contribution in [0.3, 0.4) is 0 Å². The normalized spacial score (nSPS) is 17.3. The first-order chi connectivity index (χ1) is 13.6. The van der Waals surface area contributed by atoms with Crippen molar-refractivity contribution in [3.8, 4) is 0 Å². The van der Waals surface area contributed by atoms with Crippen molar-refractivity contribution < 1.29 is 31.9 Å². The Bertz CT molecular complexity index is 910. The highest BCUT2D eigenvalue weighted by Gasteiger charge is 2.35. The largest absolute Gasteiger partial charge is 0.481 e. The van der Waals surface area contributed by atoms with Crippen molar-refractivity contribution in [2.45, 2.75) is 25.1 Å². The van der Waals surface area contributed by atoms with Crippen LogP contribution in [-0.4, -0.2) is 29.1 Å². The minimum absolute atomic E-state index is 0.00656. The van der Waals surface area contributed by atoms with Gasteiger partial charge in [0.05, 0.1) is 17.5 Å². The van der Waals surface area contributed by atoms with Crippen LogP contribution in [0.4, 0.5) is 22.0 Å². The Hall–Kier alpha value is -2.19. The molecule has 2 aromatic rings. The van der Waals surface area contributed by atoms with Crippen molar-refractivity contribution in [3.63, 3.8) is 0 Å². The second kappa shape index (κ2) is 8.28. The van der Waals surface area contributed by atoms with Crippen LogP contribution in [0.25, 0.3) is 0 Å². The summed E-state index contributed by atoms with van der Waals surface area (Å²) in [6.45, 7) is 0.427. The number of benzene rings is 2. The summed E-state index contributed by atoms with van der Waals surface area (Å²) in [5.41, 5.74) is -0.938. The minimum atomic E-state index is -4.62. The van der Waals surface area contributed by atoms with E-state index in [0.29, 0.717) is 6.07 Å². The number of hydrogen-bond donors (Lipinski definition) is 1. The van der Waals surface area contributed by atoms with Crippen LogP contribution in [-0.2, 0) is 11.0 Å². The summed E-state index contributed by atoms with van der Waals surface area (Å²) in [4.78, 5) is 12.9. The molecule has 1 fully saturated rings. The molecule has 2 aromatic carbocycles. The third kappa shape index (κ3) is 4.70. The minimum Gasteiger partial charge on any atom is -0.481 e. The van der Waals surface area contributed by atoms with Gasteiger partial charge in [0.1, 0.15) is 11.6 Å². The molecule has 0 aromatic heterocycles. The van der Waals surface area contributed by atoms with Crippen LogP contribution in [0, 0.1) is 17.6 Å². The third-order valence-electron chi connectivity index (χ3n) is 5.12. The fraction of sp³-hybridized carbons (Fsp3) is 0.350. The van der Waals surface area contributed by atoms with Gasteiger partial charge in [-0.25, -0.2) is 8.78 Å². The molecule has 9 heteroatoms. The first-order valence-corrected chi connectivity index (χ1v) is 9.24. The maximum absolute atomic E-state index is 14.6. The molecule has 0 bridgehead atoms. The predicted octanol–water partition coefficient (Wildman–Crippen LogP) is 5.52. The molecule has 3 nitrogen and oxygen atoms in total. The zero-order chi connectivity index (χ0) is 21.3. The average Bonchev–Trinajstić information content (AvgIpc) is 2.64. The van der Waals surface area contributed by atoms with Crippen molar-refractivity contribution in [3.05, 3.63) is 69.7 Å². The maximum Gasteiger partial charge on any atom is 0.416 e. The standard InChI is InChI=1S/C20H17ClF5NO2/c21-16-4-1-12(20(24,25)26)9-15(16)18(14-3-2-13(22)10-17(14)23)27-7-5-11(6-8-27)19(28)29/h1-4,9-11,18H,5-8H2,(H,28,29). The quantitative estimate of drug-likeness (QED) is 0.645. The molecule has 0 aliphatic carbocycles. The average molecular weight is 434 g/mol. The zero-order valence-corrected chi connectivity index (χ0v) is 15.8. The second-order valence-corrected chi connectivity index (χ2v) is 7.36. The van der Waals surface area contributed by atoms with Gasteiger partial charge >= 0.3 is 12.1 Å². The van der Waals surface area contributed by atoms with Crippen LogP contribution in [0.5, 0.6) is 0 Å². The Labute approximate surface area is 168 Å². The van der Waals surface area contributed by atoms with Crippen molar-refractivity contribution in [1.82, 2.24) is 4.90 Å². The smallest absolute Gasteiger partial charge is 0.416 e. The number of halogens is 6. The lowest BCUT2D eigenvalue weighted by Gasteiger charge is -2.37. The number of carboxylic acid groups (broad SMARTS) is 1. The number of rotatable bonds is 4. The zero-order valence-electron chi connectivity index (χ0n) is 15.0. The molecule has 1 atom stereocenters. The fourth-order valence-corrected chi connectivity index (χ4v) is 3.84. The monoisotopic (exact) mass is 433 g/mol. The summed E-state index contributed by atoms with van der Waals surface area (Å²) in [6, 6.07) is 4.64. The number of likely N-dealkylation sites (tertiary alicyclic amines) is 1. The molecule has 1 unspecified atom stereocenters. The van der Waals surface area contributed by atoms with E-state index in [0.717, 1.165) is 24.3 Å².